The molecule has 0 saturated carbocycles. The van der Waals surface area contributed by atoms with Gasteiger partial charge in [0.05, 0.1) is 15.7 Å². The highest BCUT2D eigenvalue weighted by molar-refractivity contribution is 9.10. The second-order valence-corrected chi connectivity index (χ2v) is 5.25. The number of carbonyl (C=O) groups excluding carboxylic acids is 2. The van der Waals surface area contributed by atoms with Crippen LogP contribution in [0.1, 0.15) is 26.4 Å². The van der Waals surface area contributed by atoms with Gasteiger partial charge < -0.3 is 0 Å². The van der Waals surface area contributed by atoms with Crippen LogP contribution in [0.15, 0.2) is 34.9 Å². The van der Waals surface area contributed by atoms with E-state index >= 15 is 0 Å². The Kier molecular flexibility index (Phi) is 2.90. The molecule has 0 saturated heterocycles. The second kappa shape index (κ2) is 4.49. The molecule has 2 heterocycles. The van der Waals surface area contributed by atoms with Crippen molar-refractivity contribution in [2.24, 2.45) is 0 Å². The van der Waals surface area contributed by atoms with Crippen molar-refractivity contribution < 1.29 is 14.0 Å². The molecule has 0 N–H and O–H groups in total. The van der Waals surface area contributed by atoms with Crippen LogP contribution >= 0.6 is 15.9 Å². The third-order valence-corrected chi connectivity index (χ3v) is 3.73. The first-order chi connectivity index (χ1) is 9.50. The van der Waals surface area contributed by atoms with Crippen LogP contribution < -0.4 is 4.90 Å². The zero-order chi connectivity index (χ0) is 14.4. The molecule has 0 aliphatic carbocycles. The number of rotatable bonds is 1. The molecule has 1 aliphatic heterocycles. The van der Waals surface area contributed by atoms with Crippen LogP contribution in [0.2, 0.25) is 0 Å². The molecule has 0 radical (unpaired) electrons. The first-order valence-electron chi connectivity index (χ1n) is 5.80. The molecule has 4 nitrogen and oxygen atoms in total. The number of benzene rings is 1. The fourth-order valence-corrected chi connectivity index (χ4v) is 2.62. The maximum atomic E-state index is 13.7. The smallest absolute Gasteiger partial charge is 0.268 e. The third kappa shape index (κ3) is 1.76. The van der Waals surface area contributed by atoms with Gasteiger partial charge >= 0.3 is 0 Å². The molecule has 0 bridgehead atoms. The molecule has 2 amide bonds. The molecule has 1 aromatic carbocycles. The maximum absolute atomic E-state index is 13.7. The van der Waals surface area contributed by atoms with Crippen molar-refractivity contribution in [2.45, 2.75) is 6.92 Å². The molecular formula is C14H8BrFN2O2. The second-order valence-electron chi connectivity index (χ2n) is 4.40. The van der Waals surface area contributed by atoms with E-state index in [1.165, 1.54) is 24.4 Å². The van der Waals surface area contributed by atoms with Gasteiger partial charge in [-0.25, -0.2) is 9.29 Å². The number of pyridine rings is 1. The van der Waals surface area contributed by atoms with Crippen molar-refractivity contribution in [1.29, 1.82) is 0 Å². The number of nitrogens with zero attached hydrogens (tertiary/aromatic N) is 2. The van der Waals surface area contributed by atoms with Crippen LogP contribution in [0.5, 0.6) is 0 Å². The molecule has 20 heavy (non-hydrogen) atoms. The van der Waals surface area contributed by atoms with E-state index < -0.39 is 17.6 Å². The first kappa shape index (κ1) is 12.9. The highest BCUT2D eigenvalue weighted by atomic mass is 79.9. The minimum atomic E-state index is -0.532. The van der Waals surface area contributed by atoms with E-state index in [-0.39, 0.29) is 21.4 Å². The summed E-state index contributed by atoms with van der Waals surface area (Å²) in [6.45, 7) is 1.70. The van der Waals surface area contributed by atoms with Crippen molar-refractivity contribution in [2.75, 3.05) is 4.90 Å². The maximum Gasteiger partial charge on any atom is 0.284 e. The van der Waals surface area contributed by atoms with E-state index in [9.17, 15) is 14.0 Å². The average molecular weight is 335 g/mol. The predicted molar refractivity (Wildman–Crippen MR) is 74.2 cm³/mol. The third-order valence-electron chi connectivity index (χ3n) is 3.13. The van der Waals surface area contributed by atoms with E-state index in [1.807, 2.05) is 0 Å². The number of aromatic nitrogens is 1. The summed E-state index contributed by atoms with van der Waals surface area (Å²) >= 11 is 3.07. The summed E-state index contributed by atoms with van der Waals surface area (Å²) in [6, 6.07) is 5.82. The van der Waals surface area contributed by atoms with Crippen molar-refractivity contribution >= 4 is 33.4 Å². The van der Waals surface area contributed by atoms with Gasteiger partial charge in [-0.15, -0.1) is 0 Å². The summed E-state index contributed by atoms with van der Waals surface area (Å²) in [7, 11) is 0. The highest BCUT2D eigenvalue weighted by Gasteiger charge is 2.38. The van der Waals surface area contributed by atoms with Crippen LogP contribution in [0.25, 0.3) is 0 Å². The monoisotopic (exact) mass is 334 g/mol. The van der Waals surface area contributed by atoms with E-state index in [0.29, 0.717) is 5.56 Å². The standard InChI is InChI=1S/C14H8BrFN2O2/c1-7-5-9(15)10(16)6-11(7)18-13(19)8-3-2-4-17-12(8)14(18)20/h2-6H,1H3. The van der Waals surface area contributed by atoms with Gasteiger partial charge in [-0.1, -0.05) is 0 Å². The van der Waals surface area contributed by atoms with Gasteiger partial charge in [0.15, 0.2) is 0 Å². The number of fused-ring (bicyclic) bond motifs is 1. The van der Waals surface area contributed by atoms with Gasteiger partial charge in [0.1, 0.15) is 11.5 Å². The predicted octanol–water partition coefficient (Wildman–Crippen LogP) is 3.09. The van der Waals surface area contributed by atoms with Crippen LogP contribution in [0.3, 0.4) is 0 Å². The van der Waals surface area contributed by atoms with E-state index in [0.717, 1.165) is 4.90 Å². The van der Waals surface area contributed by atoms with E-state index in [1.54, 1.807) is 13.0 Å². The summed E-state index contributed by atoms with van der Waals surface area (Å²) in [5.41, 5.74) is 1.19. The summed E-state index contributed by atoms with van der Waals surface area (Å²) in [6.07, 6.45) is 1.45. The number of amides is 2. The molecule has 6 heteroatoms. The molecule has 3 rings (SSSR count). The lowest BCUT2D eigenvalue weighted by molar-refractivity contribution is 0.0924. The van der Waals surface area contributed by atoms with Gasteiger partial charge in [-0.3, -0.25) is 14.6 Å². The lowest BCUT2D eigenvalue weighted by atomic mass is 10.1. The van der Waals surface area contributed by atoms with Crippen molar-refractivity contribution in [3.05, 3.63) is 57.6 Å². The van der Waals surface area contributed by atoms with Crippen molar-refractivity contribution in [1.82, 2.24) is 4.98 Å². The molecule has 100 valence electrons. The molecule has 1 aliphatic rings. The van der Waals surface area contributed by atoms with Crippen LogP contribution in [0, 0.1) is 12.7 Å². The molecule has 1 aromatic heterocycles. The van der Waals surface area contributed by atoms with E-state index in [4.69, 9.17) is 0 Å². The van der Waals surface area contributed by atoms with Gasteiger partial charge in [-0.05, 0) is 52.7 Å². The number of anilines is 1. The summed E-state index contributed by atoms with van der Waals surface area (Å²) in [5, 5.41) is 0. The fourth-order valence-electron chi connectivity index (χ4n) is 2.16. The Hall–Kier alpha value is -2.08. The Balaban J connectivity index is 2.17. The fraction of sp³-hybridized carbons (Fsp3) is 0.0714. The van der Waals surface area contributed by atoms with Crippen molar-refractivity contribution in [3.63, 3.8) is 0 Å². The zero-order valence-corrected chi connectivity index (χ0v) is 11.9. The van der Waals surface area contributed by atoms with Crippen molar-refractivity contribution in [3.8, 4) is 0 Å². The summed E-state index contributed by atoms with van der Waals surface area (Å²) < 4.78 is 14.0. The minimum absolute atomic E-state index is 0.0974. The first-order valence-corrected chi connectivity index (χ1v) is 6.59. The SMILES string of the molecule is Cc1cc(Br)c(F)cc1N1C(=O)c2cccnc2C1=O. The van der Waals surface area contributed by atoms with Crippen LogP contribution in [0.4, 0.5) is 10.1 Å². The number of halogens is 2. The topological polar surface area (TPSA) is 50.3 Å². The number of carbonyl (C=O) groups is 2. The molecule has 0 spiro atoms. The highest BCUT2D eigenvalue weighted by Crippen LogP contribution is 2.32. The summed E-state index contributed by atoms with van der Waals surface area (Å²) in [5.74, 6) is -1.55. The number of aryl methyl sites for hydroxylation is 1. The number of hydrogen-bond acceptors (Lipinski definition) is 3. The van der Waals surface area contributed by atoms with Crippen LogP contribution in [-0.4, -0.2) is 16.8 Å². The largest absolute Gasteiger partial charge is 0.284 e. The molecule has 0 fully saturated rings. The van der Waals surface area contributed by atoms with Gasteiger partial charge in [0.25, 0.3) is 11.8 Å². The van der Waals surface area contributed by atoms with Gasteiger partial charge in [0, 0.05) is 6.20 Å². The van der Waals surface area contributed by atoms with Crippen LogP contribution in [-0.2, 0) is 0 Å². The molecular weight excluding hydrogens is 327 g/mol. The lowest BCUT2D eigenvalue weighted by Crippen LogP contribution is -2.30. The van der Waals surface area contributed by atoms with Gasteiger partial charge in [-0.2, -0.15) is 0 Å². The Morgan fingerprint density at radius 3 is 2.70 bits per heavy atom. The quantitative estimate of drug-likeness (QED) is 0.753. The minimum Gasteiger partial charge on any atom is -0.268 e. The molecule has 0 unspecified atom stereocenters. The Morgan fingerprint density at radius 1 is 1.25 bits per heavy atom. The lowest BCUT2D eigenvalue weighted by Gasteiger charge is -2.16. The van der Waals surface area contributed by atoms with Gasteiger partial charge in [0.2, 0.25) is 0 Å². The Bertz CT molecular complexity index is 726. The zero-order valence-electron chi connectivity index (χ0n) is 10.4. The Morgan fingerprint density at radius 2 is 2.00 bits per heavy atom. The average Bonchev–Trinajstić information content (AvgIpc) is 2.68. The number of imide groups is 1. The Labute approximate surface area is 122 Å². The van der Waals surface area contributed by atoms with E-state index in [2.05, 4.69) is 20.9 Å². The molecule has 2 aromatic rings. The normalized spacial score (nSPS) is 13.8. The summed E-state index contributed by atoms with van der Waals surface area (Å²) in [4.78, 5) is 29.4. The number of hydrogen-bond donors (Lipinski definition) is 0. The molecule has 0 atom stereocenters.